The lowest BCUT2D eigenvalue weighted by Gasteiger charge is -2.06. The highest BCUT2D eigenvalue weighted by Gasteiger charge is 2.14. The Morgan fingerprint density at radius 1 is 1.43 bits per heavy atom. The fraction of sp³-hybridized carbons (Fsp3) is 0.222. The molecule has 0 atom stereocenters. The van der Waals surface area contributed by atoms with Crippen molar-refractivity contribution in [1.29, 1.82) is 0 Å². The number of hydrogen-bond acceptors (Lipinski definition) is 2. The Labute approximate surface area is 78.6 Å². The summed E-state index contributed by atoms with van der Waals surface area (Å²) in [6.07, 6.45) is -2.71. The maximum Gasteiger partial charge on any atom is 0.335 e. The number of carboxylic acid groups (broad SMARTS) is 1. The minimum atomic E-state index is -2.71. The van der Waals surface area contributed by atoms with Crippen LogP contribution in [0.2, 0.25) is 0 Å². The summed E-state index contributed by atoms with van der Waals surface area (Å²) in [5, 5.41) is 17.3. The van der Waals surface area contributed by atoms with Crippen LogP contribution in [0.15, 0.2) is 18.2 Å². The summed E-state index contributed by atoms with van der Waals surface area (Å²) < 4.78 is 24.6. The molecule has 0 bridgehead atoms. The molecule has 14 heavy (non-hydrogen) atoms. The smallest absolute Gasteiger partial charge is 0.335 e. The molecule has 3 nitrogen and oxygen atoms in total. The number of carbonyl (C=O) groups is 1. The van der Waals surface area contributed by atoms with Gasteiger partial charge in [-0.15, -0.1) is 0 Å². The standard InChI is InChI=1S/C9H8F2O3/c10-8(11)7-2-1-5(9(13)14)3-6(7)4-12/h1-3,8,12H,4H2,(H,13,14). The van der Waals surface area contributed by atoms with Crippen molar-refractivity contribution in [2.45, 2.75) is 13.0 Å². The van der Waals surface area contributed by atoms with Crippen molar-refractivity contribution in [2.24, 2.45) is 0 Å². The summed E-state index contributed by atoms with van der Waals surface area (Å²) in [5.41, 5.74) is -0.504. The average molecular weight is 202 g/mol. The number of halogens is 2. The van der Waals surface area contributed by atoms with Gasteiger partial charge in [-0.1, -0.05) is 6.07 Å². The lowest BCUT2D eigenvalue weighted by Crippen LogP contribution is -2.01. The maximum absolute atomic E-state index is 12.3. The molecule has 2 N–H and O–H groups in total. The van der Waals surface area contributed by atoms with E-state index >= 15 is 0 Å². The van der Waals surface area contributed by atoms with Crippen molar-refractivity contribution in [2.75, 3.05) is 0 Å². The van der Waals surface area contributed by atoms with Gasteiger partial charge in [0.15, 0.2) is 0 Å². The van der Waals surface area contributed by atoms with E-state index in [1.54, 1.807) is 0 Å². The highest BCUT2D eigenvalue weighted by molar-refractivity contribution is 5.87. The summed E-state index contributed by atoms with van der Waals surface area (Å²) in [6.45, 7) is -0.596. The first-order chi connectivity index (χ1) is 6.56. The number of carboxylic acids is 1. The molecule has 76 valence electrons. The van der Waals surface area contributed by atoms with Crippen LogP contribution in [0.5, 0.6) is 0 Å². The second-order valence-electron chi connectivity index (χ2n) is 2.68. The van der Waals surface area contributed by atoms with Crippen LogP contribution in [0.3, 0.4) is 0 Å². The molecular weight excluding hydrogens is 194 g/mol. The van der Waals surface area contributed by atoms with Crippen molar-refractivity contribution in [3.8, 4) is 0 Å². The molecule has 0 aromatic heterocycles. The van der Waals surface area contributed by atoms with Crippen LogP contribution in [0.1, 0.15) is 27.9 Å². The predicted molar refractivity (Wildman–Crippen MR) is 44.3 cm³/mol. The quantitative estimate of drug-likeness (QED) is 0.785. The summed E-state index contributed by atoms with van der Waals surface area (Å²) in [5.74, 6) is -1.21. The monoisotopic (exact) mass is 202 g/mol. The molecular formula is C9H8F2O3. The Hall–Kier alpha value is -1.49. The van der Waals surface area contributed by atoms with Crippen molar-refractivity contribution in [3.05, 3.63) is 34.9 Å². The Morgan fingerprint density at radius 3 is 2.50 bits per heavy atom. The van der Waals surface area contributed by atoms with Gasteiger partial charge in [-0.3, -0.25) is 0 Å². The zero-order valence-electron chi connectivity index (χ0n) is 7.08. The van der Waals surface area contributed by atoms with E-state index in [9.17, 15) is 13.6 Å². The number of rotatable bonds is 3. The van der Waals surface area contributed by atoms with Crippen molar-refractivity contribution in [1.82, 2.24) is 0 Å². The molecule has 0 fully saturated rings. The molecule has 0 spiro atoms. The topological polar surface area (TPSA) is 57.5 Å². The van der Waals surface area contributed by atoms with Crippen LogP contribution in [0.25, 0.3) is 0 Å². The SMILES string of the molecule is O=C(O)c1ccc(C(F)F)c(CO)c1. The molecule has 0 unspecified atom stereocenters. The minimum absolute atomic E-state index is 0.0556. The van der Waals surface area contributed by atoms with Gasteiger partial charge < -0.3 is 10.2 Å². The zero-order valence-corrected chi connectivity index (χ0v) is 7.08. The highest BCUT2D eigenvalue weighted by atomic mass is 19.3. The molecule has 0 saturated heterocycles. The van der Waals surface area contributed by atoms with E-state index in [0.717, 1.165) is 18.2 Å². The summed E-state index contributed by atoms with van der Waals surface area (Å²) in [7, 11) is 0. The van der Waals surface area contributed by atoms with E-state index in [1.165, 1.54) is 0 Å². The predicted octanol–water partition coefficient (Wildman–Crippen LogP) is 1.81. The second-order valence-corrected chi connectivity index (χ2v) is 2.68. The third-order valence-corrected chi connectivity index (χ3v) is 1.80. The fourth-order valence-electron chi connectivity index (χ4n) is 1.09. The Morgan fingerprint density at radius 2 is 2.07 bits per heavy atom. The highest BCUT2D eigenvalue weighted by Crippen LogP contribution is 2.23. The van der Waals surface area contributed by atoms with Crippen LogP contribution in [-0.2, 0) is 6.61 Å². The van der Waals surface area contributed by atoms with E-state index in [2.05, 4.69) is 0 Å². The van der Waals surface area contributed by atoms with Crippen LogP contribution in [0.4, 0.5) is 8.78 Å². The lowest BCUT2D eigenvalue weighted by molar-refractivity contribution is 0.0696. The van der Waals surface area contributed by atoms with Gasteiger partial charge in [0.25, 0.3) is 6.43 Å². The largest absolute Gasteiger partial charge is 0.478 e. The third kappa shape index (κ3) is 2.05. The van der Waals surface area contributed by atoms with Gasteiger partial charge in [0.05, 0.1) is 12.2 Å². The lowest BCUT2D eigenvalue weighted by atomic mass is 10.0. The normalized spacial score (nSPS) is 10.6. The van der Waals surface area contributed by atoms with Gasteiger partial charge in [-0.25, -0.2) is 13.6 Å². The molecule has 1 aromatic carbocycles. The van der Waals surface area contributed by atoms with E-state index in [4.69, 9.17) is 10.2 Å². The molecule has 0 aliphatic carbocycles. The summed E-state index contributed by atoms with van der Waals surface area (Å²) in [4.78, 5) is 10.5. The van der Waals surface area contributed by atoms with Gasteiger partial charge in [-0.05, 0) is 17.7 Å². The number of aliphatic hydroxyl groups is 1. The Balaban J connectivity index is 3.18. The minimum Gasteiger partial charge on any atom is -0.478 e. The van der Waals surface area contributed by atoms with Crippen molar-refractivity contribution >= 4 is 5.97 Å². The van der Waals surface area contributed by atoms with Gasteiger partial charge in [-0.2, -0.15) is 0 Å². The number of alkyl halides is 2. The second kappa shape index (κ2) is 4.15. The van der Waals surface area contributed by atoms with Gasteiger partial charge in [0, 0.05) is 5.56 Å². The Bertz CT molecular complexity index is 350. The molecule has 0 saturated carbocycles. The molecule has 1 rings (SSSR count). The molecule has 0 aliphatic heterocycles. The number of aromatic carboxylic acids is 1. The molecule has 5 heteroatoms. The first-order valence-electron chi connectivity index (χ1n) is 3.81. The first-order valence-corrected chi connectivity index (χ1v) is 3.81. The maximum atomic E-state index is 12.3. The summed E-state index contributed by atoms with van der Waals surface area (Å²) in [6, 6.07) is 3.15. The zero-order chi connectivity index (χ0) is 10.7. The number of benzene rings is 1. The average Bonchev–Trinajstić information content (AvgIpc) is 2.16. The molecule has 0 heterocycles. The van der Waals surface area contributed by atoms with Crippen LogP contribution in [0, 0.1) is 0 Å². The van der Waals surface area contributed by atoms with Crippen LogP contribution < -0.4 is 0 Å². The van der Waals surface area contributed by atoms with Gasteiger partial charge in [0.1, 0.15) is 0 Å². The van der Waals surface area contributed by atoms with Crippen molar-refractivity contribution < 1.29 is 23.8 Å². The van der Waals surface area contributed by atoms with Gasteiger partial charge >= 0.3 is 5.97 Å². The van der Waals surface area contributed by atoms with Crippen molar-refractivity contribution in [3.63, 3.8) is 0 Å². The Kier molecular flexibility index (Phi) is 3.14. The molecule has 0 radical (unpaired) electrons. The van der Waals surface area contributed by atoms with Crippen LogP contribution in [-0.4, -0.2) is 16.2 Å². The van der Waals surface area contributed by atoms with E-state index in [0.29, 0.717) is 0 Å². The van der Waals surface area contributed by atoms with E-state index < -0.39 is 19.0 Å². The number of aliphatic hydroxyl groups excluding tert-OH is 1. The van der Waals surface area contributed by atoms with E-state index in [-0.39, 0.29) is 16.7 Å². The molecule has 1 aromatic rings. The third-order valence-electron chi connectivity index (χ3n) is 1.80. The summed E-state index contributed by atoms with van der Waals surface area (Å²) >= 11 is 0. The molecule has 0 aliphatic rings. The number of hydrogen-bond donors (Lipinski definition) is 2. The fourth-order valence-corrected chi connectivity index (χ4v) is 1.09. The van der Waals surface area contributed by atoms with Gasteiger partial charge in [0.2, 0.25) is 0 Å². The first kappa shape index (κ1) is 10.6. The van der Waals surface area contributed by atoms with E-state index in [1.807, 2.05) is 0 Å². The molecule has 0 amide bonds. The van der Waals surface area contributed by atoms with Crippen LogP contribution >= 0.6 is 0 Å².